The fraction of sp³-hybridized carbons (Fsp3) is 0.619. The molecule has 0 aromatic carbocycles. The van der Waals surface area contributed by atoms with E-state index in [-0.39, 0.29) is 5.70 Å². The van der Waals surface area contributed by atoms with Gasteiger partial charge in [-0.3, -0.25) is 4.90 Å². The normalized spacial score (nSPS) is 25.6. The van der Waals surface area contributed by atoms with Crippen LogP contribution in [0.3, 0.4) is 0 Å². The van der Waals surface area contributed by atoms with Crippen molar-refractivity contribution in [2.45, 2.75) is 31.9 Å². The van der Waals surface area contributed by atoms with Gasteiger partial charge in [-0.25, -0.2) is 14.4 Å². The minimum absolute atomic E-state index is 0.184. The number of hydrogen-bond acceptors (Lipinski definition) is 6. The minimum Gasteiger partial charge on any atom is -0.397 e. The van der Waals surface area contributed by atoms with Crippen molar-refractivity contribution in [3.05, 3.63) is 29.9 Å². The number of aromatic nitrogens is 1. The number of aliphatic imine (C=N–C) groups is 1. The summed E-state index contributed by atoms with van der Waals surface area (Å²) in [6.07, 6.45) is 7.15. The maximum absolute atomic E-state index is 13.9. The van der Waals surface area contributed by atoms with Gasteiger partial charge >= 0.3 is 6.55 Å². The summed E-state index contributed by atoms with van der Waals surface area (Å²) in [5.74, 6) is -0.447. The van der Waals surface area contributed by atoms with Gasteiger partial charge in [0.25, 0.3) is 0 Å². The second-order valence-electron chi connectivity index (χ2n) is 8.81. The van der Waals surface area contributed by atoms with Crippen molar-refractivity contribution in [1.29, 1.82) is 0 Å². The predicted octanol–water partition coefficient (Wildman–Crippen LogP) is 2.42. The summed E-state index contributed by atoms with van der Waals surface area (Å²) in [7, 11) is 2.18. The van der Waals surface area contributed by atoms with Crippen LogP contribution in [0.5, 0.6) is 0 Å². The van der Waals surface area contributed by atoms with Gasteiger partial charge in [0.15, 0.2) is 0 Å². The van der Waals surface area contributed by atoms with Crippen molar-refractivity contribution in [3.8, 4) is 0 Å². The third-order valence-corrected chi connectivity index (χ3v) is 6.62. The molecule has 6 nitrogen and oxygen atoms in total. The molecule has 1 spiro atoms. The quantitative estimate of drug-likeness (QED) is 0.583. The van der Waals surface area contributed by atoms with E-state index in [1.165, 1.54) is 44.5 Å². The Morgan fingerprint density at radius 2 is 2.03 bits per heavy atom. The highest BCUT2D eigenvalue weighted by atomic mass is 19.3. The first-order valence-electron chi connectivity index (χ1n) is 10.5. The monoisotopic (exact) mass is 422 g/mol. The van der Waals surface area contributed by atoms with Gasteiger partial charge in [-0.2, -0.15) is 8.78 Å². The van der Waals surface area contributed by atoms with Crippen molar-refractivity contribution in [1.82, 2.24) is 14.8 Å². The van der Waals surface area contributed by atoms with Crippen molar-refractivity contribution in [2.24, 2.45) is 16.1 Å². The molecule has 3 aliphatic rings. The molecule has 2 N–H and O–H groups in total. The van der Waals surface area contributed by atoms with Crippen LogP contribution in [0.25, 0.3) is 5.70 Å². The maximum atomic E-state index is 13.9. The maximum Gasteiger partial charge on any atom is 0.331 e. The molecule has 30 heavy (non-hydrogen) atoms. The lowest BCUT2D eigenvalue weighted by Crippen LogP contribution is -2.54. The molecular formula is C21H29F3N6. The lowest BCUT2D eigenvalue weighted by molar-refractivity contribution is 0.0204. The molecule has 1 unspecified atom stereocenters. The Hall–Kier alpha value is -2.13. The van der Waals surface area contributed by atoms with Crippen LogP contribution in [0.4, 0.5) is 18.9 Å². The van der Waals surface area contributed by atoms with Crippen molar-refractivity contribution in [3.63, 3.8) is 0 Å². The van der Waals surface area contributed by atoms with Crippen molar-refractivity contribution in [2.75, 3.05) is 51.2 Å². The van der Waals surface area contributed by atoms with E-state index >= 15 is 0 Å². The average molecular weight is 422 g/mol. The number of alkyl halides is 2. The molecule has 2 aliphatic heterocycles. The second-order valence-corrected chi connectivity index (χ2v) is 8.81. The number of likely N-dealkylation sites (tertiary alicyclic amines) is 1. The van der Waals surface area contributed by atoms with E-state index in [9.17, 15) is 13.2 Å². The fourth-order valence-corrected chi connectivity index (χ4v) is 5.36. The Kier molecular flexibility index (Phi) is 6.02. The number of nitrogens with two attached hydrogens (primary N) is 1. The molecule has 0 amide bonds. The summed E-state index contributed by atoms with van der Waals surface area (Å²) >= 11 is 0. The molecule has 1 aromatic rings. The zero-order valence-electron chi connectivity index (χ0n) is 17.3. The molecule has 9 heteroatoms. The number of halogens is 3. The summed E-state index contributed by atoms with van der Waals surface area (Å²) in [5, 5.41) is 0. The number of nitrogens with zero attached hydrogens (tertiary/aromatic N) is 5. The zero-order valence-corrected chi connectivity index (χ0v) is 17.3. The molecule has 4 rings (SSSR count). The first-order valence-corrected chi connectivity index (χ1v) is 10.5. The van der Waals surface area contributed by atoms with E-state index < -0.39 is 12.4 Å². The number of pyridine rings is 1. The van der Waals surface area contributed by atoms with Crippen LogP contribution >= 0.6 is 0 Å². The second kappa shape index (κ2) is 8.55. The highest BCUT2D eigenvalue weighted by Gasteiger charge is 2.48. The van der Waals surface area contributed by atoms with E-state index in [0.29, 0.717) is 22.8 Å². The van der Waals surface area contributed by atoms with Gasteiger partial charge in [0.05, 0.1) is 17.6 Å². The van der Waals surface area contributed by atoms with E-state index in [1.54, 1.807) is 0 Å². The van der Waals surface area contributed by atoms with Crippen LogP contribution in [0.2, 0.25) is 0 Å². The molecule has 164 valence electrons. The minimum atomic E-state index is -2.79. The number of piperazine rings is 1. The fourth-order valence-electron chi connectivity index (χ4n) is 5.36. The van der Waals surface area contributed by atoms with E-state index in [2.05, 4.69) is 31.7 Å². The van der Waals surface area contributed by atoms with Crippen LogP contribution in [0, 0.1) is 11.2 Å². The van der Waals surface area contributed by atoms with Crippen LogP contribution in [-0.2, 0) is 0 Å². The smallest absolute Gasteiger partial charge is 0.331 e. The summed E-state index contributed by atoms with van der Waals surface area (Å²) < 4.78 is 38.4. The van der Waals surface area contributed by atoms with E-state index in [1.807, 2.05) is 0 Å². The van der Waals surface area contributed by atoms with Gasteiger partial charge in [-0.1, -0.05) is 0 Å². The van der Waals surface area contributed by atoms with Gasteiger partial charge in [0.2, 0.25) is 0 Å². The highest BCUT2D eigenvalue weighted by molar-refractivity contribution is 5.85. The SMILES string of the molecule is CN1CC2(CCC(N3CCN(c4cc(F)cnc4/C(N)=C/C=N/C(F)F)CC3)C2)C1. The third-order valence-electron chi connectivity index (χ3n) is 6.62. The molecule has 3 heterocycles. The molecule has 1 saturated carbocycles. The van der Waals surface area contributed by atoms with Crippen LogP contribution < -0.4 is 10.6 Å². The van der Waals surface area contributed by atoms with Crippen LogP contribution in [0.15, 0.2) is 23.3 Å². The van der Waals surface area contributed by atoms with E-state index in [0.717, 1.165) is 38.6 Å². The molecular weight excluding hydrogens is 393 g/mol. The molecule has 1 aliphatic carbocycles. The Balaban J connectivity index is 1.41. The summed E-state index contributed by atoms with van der Waals surface area (Å²) in [5.41, 5.74) is 7.72. The Bertz CT molecular complexity index is 813. The zero-order chi connectivity index (χ0) is 21.3. The molecule has 3 fully saturated rings. The number of hydrogen-bond donors (Lipinski definition) is 1. The van der Waals surface area contributed by atoms with Gasteiger partial charge in [-0.05, 0) is 37.8 Å². The van der Waals surface area contributed by atoms with Crippen molar-refractivity contribution < 1.29 is 13.2 Å². The first kappa shape index (κ1) is 21.1. The lowest BCUT2D eigenvalue weighted by atomic mass is 9.78. The Labute approximate surface area is 175 Å². The Morgan fingerprint density at radius 1 is 1.30 bits per heavy atom. The molecule has 1 aromatic heterocycles. The topological polar surface area (TPSA) is 61.0 Å². The molecule has 1 atom stereocenters. The van der Waals surface area contributed by atoms with Gasteiger partial charge < -0.3 is 15.5 Å². The molecule has 0 radical (unpaired) electrons. The highest BCUT2D eigenvalue weighted by Crippen LogP contribution is 2.46. The summed E-state index contributed by atoms with van der Waals surface area (Å²) in [6, 6.07) is 2.04. The summed E-state index contributed by atoms with van der Waals surface area (Å²) in [6.45, 7) is 2.94. The third kappa shape index (κ3) is 4.46. The van der Waals surface area contributed by atoms with Gasteiger partial charge in [0, 0.05) is 57.6 Å². The average Bonchev–Trinajstić information content (AvgIpc) is 3.13. The largest absolute Gasteiger partial charge is 0.397 e. The van der Waals surface area contributed by atoms with Crippen LogP contribution in [0.1, 0.15) is 25.0 Å². The lowest BCUT2D eigenvalue weighted by Gasteiger charge is -2.47. The summed E-state index contributed by atoms with van der Waals surface area (Å²) in [4.78, 5) is 14.1. The standard InChI is InChI=1S/C21H29F3N6/c1-28-13-21(14-28)4-2-16(11-21)29-6-8-30(9-7-29)18-10-15(22)12-27-19(18)17(25)3-5-26-20(23)24/h3,5,10,12,16,20H,2,4,6-9,11,13-14,25H2,1H3/b17-3-,26-5+. The number of rotatable bonds is 5. The first-order chi connectivity index (χ1) is 14.3. The van der Waals surface area contributed by atoms with E-state index in [4.69, 9.17) is 5.73 Å². The number of allylic oxidation sites excluding steroid dienone is 1. The Morgan fingerprint density at radius 3 is 2.70 bits per heavy atom. The van der Waals surface area contributed by atoms with Crippen molar-refractivity contribution >= 4 is 17.6 Å². The van der Waals surface area contributed by atoms with Gasteiger partial charge in [-0.15, -0.1) is 0 Å². The van der Waals surface area contributed by atoms with Gasteiger partial charge in [0.1, 0.15) is 11.5 Å². The number of anilines is 1. The molecule has 2 saturated heterocycles. The van der Waals surface area contributed by atoms with Crippen LogP contribution in [-0.4, -0.2) is 79.9 Å². The predicted molar refractivity (Wildman–Crippen MR) is 112 cm³/mol. The molecule has 0 bridgehead atoms.